The predicted octanol–water partition coefficient (Wildman–Crippen LogP) is 3.69. The van der Waals surface area contributed by atoms with Crippen LogP contribution >= 0.6 is 11.6 Å². The molecule has 0 bridgehead atoms. The molecule has 0 unspecified atom stereocenters. The SMILES string of the molecule is CN1CCn2c(-c3ccc(Cl)cc3F)nc(C(=O)Nc3cccc(C=O)c3)c2C1.CNC. The van der Waals surface area contributed by atoms with Gasteiger partial charge in [0, 0.05) is 35.9 Å². The van der Waals surface area contributed by atoms with E-state index in [9.17, 15) is 14.0 Å². The minimum absolute atomic E-state index is 0.234. The number of aromatic nitrogens is 2. The smallest absolute Gasteiger partial charge is 0.276 e. The van der Waals surface area contributed by atoms with Gasteiger partial charge in [-0.1, -0.05) is 23.7 Å². The molecule has 7 nitrogen and oxygen atoms in total. The van der Waals surface area contributed by atoms with Crippen molar-refractivity contribution in [3.8, 4) is 11.4 Å². The Hall–Kier alpha value is -3.07. The Kier molecular flexibility index (Phi) is 7.74. The van der Waals surface area contributed by atoms with Crippen molar-refractivity contribution in [3.05, 3.63) is 70.3 Å². The molecule has 1 aliphatic rings. The van der Waals surface area contributed by atoms with Crippen LogP contribution in [0.3, 0.4) is 0 Å². The second kappa shape index (κ2) is 10.5. The fraction of sp³-hybridized carbons (Fsp3) is 0.261. The molecule has 0 saturated carbocycles. The second-order valence-electron chi connectivity index (χ2n) is 7.44. The first-order valence-corrected chi connectivity index (χ1v) is 10.4. The summed E-state index contributed by atoms with van der Waals surface area (Å²) in [5, 5.41) is 5.83. The number of imidazole rings is 1. The zero-order valence-corrected chi connectivity index (χ0v) is 18.9. The van der Waals surface area contributed by atoms with Crippen LogP contribution < -0.4 is 10.6 Å². The van der Waals surface area contributed by atoms with Crippen molar-refractivity contribution in [1.82, 2.24) is 19.8 Å². The summed E-state index contributed by atoms with van der Waals surface area (Å²) in [6, 6.07) is 11.0. The first-order chi connectivity index (χ1) is 15.4. The van der Waals surface area contributed by atoms with Gasteiger partial charge in [0.15, 0.2) is 5.69 Å². The summed E-state index contributed by atoms with van der Waals surface area (Å²) >= 11 is 5.87. The lowest BCUT2D eigenvalue weighted by molar-refractivity contribution is 0.101. The highest BCUT2D eigenvalue weighted by atomic mass is 35.5. The van der Waals surface area contributed by atoms with Gasteiger partial charge in [-0.05, 0) is 51.5 Å². The van der Waals surface area contributed by atoms with Crippen LogP contribution in [-0.4, -0.2) is 54.3 Å². The minimum Gasteiger partial charge on any atom is -0.325 e. The number of hydrogen-bond donors (Lipinski definition) is 2. The monoisotopic (exact) mass is 457 g/mol. The lowest BCUT2D eigenvalue weighted by atomic mass is 10.2. The Morgan fingerprint density at radius 2 is 1.94 bits per heavy atom. The maximum absolute atomic E-state index is 14.5. The molecule has 2 heterocycles. The largest absolute Gasteiger partial charge is 0.325 e. The molecule has 1 amide bonds. The van der Waals surface area contributed by atoms with Crippen molar-refractivity contribution in [2.24, 2.45) is 0 Å². The quantitative estimate of drug-likeness (QED) is 0.584. The summed E-state index contributed by atoms with van der Waals surface area (Å²) < 4.78 is 16.4. The van der Waals surface area contributed by atoms with Crippen LogP contribution in [0.1, 0.15) is 26.5 Å². The maximum atomic E-state index is 14.5. The van der Waals surface area contributed by atoms with E-state index >= 15 is 0 Å². The lowest BCUT2D eigenvalue weighted by Crippen LogP contribution is -2.31. The number of carbonyl (C=O) groups excluding carboxylic acids is 2. The van der Waals surface area contributed by atoms with Gasteiger partial charge >= 0.3 is 0 Å². The number of aldehydes is 1. The fourth-order valence-corrected chi connectivity index (χ4v) is 3.59. The molecule has 4 rings (SSSR count). The van der Waals surface area contributed by atoms with E-state index in [4.69, 9.17) is 11.6 Å². The summed E-state index contributed by atoms with van der Waals surface area (Å²) in [4.78, 5) is 30.5. The number of rotatable bonds is 4. The van der Waals surface area contributed by atoms with Gasteiger partial charge < -0.3 is 15.2 Å². The zero-order valence-electron chi connectivity index (χ0n) is 18.2. The van der Waals surface area contributed by atoms with E-state index in [0.29, 0.717) is 52.7 Å². The van der Waals surface area contributed by atoms with Gasteiger partial charge in [-0.15, -0.1) is 0 Å². The summed E-state index contributed by atoms with van der Waals surface area (Å²) in [5.41, 5.74) is 2.19. The highest BCUT2D eigenvalue weighted by Gasteiger charge is 2.28. The van der Waals surface area contributed by atoms with E-state index < -0.39 is 11.7 Å². The number of fused-ring (bicyclic) bond motifs is 1. The van der Waals surface area contributed by atoms with Gasteiger partial charge in [-0.2, -0.15) is 0 Å². The van der Waals surface area contributed by atoms with Crippen LogP contribution in [0.2, 0.25) is 5.02 Å². The standard InChI is InChI=1S/C21H18ClFN4O2.C2H7N/c1-26-7-8-27-18(11-26)19(21(29)24-15-4-2-3-13(9-15)12-28)25-20(27)16-6-5-14(22)10-17(16)23;1-3-2/h2-6,9-10,12H,7-8,11H2,1H3,(H,24,29);3H,1-2H3. The number of hydrogen-bond acceptors (Lipinski definition) is 5. The Morgan fingerprint density at radius 1 is 1.19 bits per heavy atom. The van der Waals surface area contributed by atoms with E-state index in [1.807, 2.05) is 25.7 Å². The van der Waals surface area contributed by atoms with E-state index in [1.165, 1.54) is 6.07 Å². The molecule has 0 atom stereocenters. The average molecular weight is 458 g/mol. The predicted molar refractivity (Wildman–Crippen MR) is 124 cm³/mol. The molecule has 1 aromatic heterocycles. The lowest BCUT2D eigenvalue weighted by Gasteiger charge is -2.25. The third-order valence-corrected chi connectivity index (χ3v) is 5.10. The van der Waals surface area contributed by atoms with Gasteiger partial charge in [0.2, 0.25) is 0 Å². The Morgan fingerprint density at radius 3 is 2.62 bits per heavy atom. The summed E-state index contributed by atoms with van der Waals surface area (Å²) in [6.45, 7) is 1.86. The highest BCUT2D eigenvalue weighted by molar-refractivity contribution is 6.30. The number of halogens is 2. The van der Waals surface area contributed by atoms with Crippen LogP contribution in [0.25, 0.3) is 11.4 Å². The molecular formula is C23H25ClFN5O2. The number of nitrogens with one attached hydrogen (secondary N) is 2. The third-order valence-electron chi connectivity index (χ3n) is 4.87. The number of anilines is 1. The Labute approximate surface area is 191 Å². The molecule has 2 N–H and O–H groups in total. The molecular weight excluding hydrogens is 433 g/mol. The number of benzene rings is 2. The minimum atomic E-state index is -0.491. The molecule has 3 aromatic rings. The summed E-state index contributed by atoms with van der Waals surface area (Å²) in [6.07, 6.45) is 0.713. The molecule has 168 valence electrons. The molecule has 0 saturated heterocycles. The van der Waals surface area contributed by atoms with Crippen LogP contribution in [0.15, 0.2) is 42.5 Å². The van der Waals surface area contributed by atoms with Crippen molar-refractivity contribution in [2.75, 3.05) is 33.0 Å². The van der Waals surface area contributed by atoms with E-state index in [2.05, 4.69) is 20.5 Å². The van der Waals surface area contributed by atoms with Gasteiger partial charge in [-0.3, -0.25) is 14.5 Å². The molecule has 1 aliphatic heterocycles. The highest BCUT2D eigenvalue weighted by Crippen LogP contribution is 2.29. The maximum Gasteiger partial charge on any atom is 0.276 e. The first-order valence-electron chi connectivity index (χ1n) is 10.1. The summed E-state index contributed by atoms with van der Waals surface area (Å²) in [5.74, 6) is -0.503. The first kappa shape index (κ1) is 23.6. The third kappa shape index (κ3) is 5.21. The summed E-state index contributed by atoms with van der Waals surface area (Å²) in [7, 11) is 5.70. The van der Waals surface area contributed by atoms with Crippen molar-refractivity contribution >= 4 is 29.5 Å². The fourth-order valence-electron chi connectivity index (χ4n) is 3.43. The molecule has 9 heteroatoms. The second-order valence-corrected chi connectivity index (χ2v) is 7.88. The molecule has 0 radical (unpaired) electrons. The van der Waals surface area contributed by atoms with Gasteiger partial charge in [0.05, 0.1) is 11.3 Å². The number of carbonyl (C=O) groups is 2. The number of nitrogens with zero attached hydrogens (tertiary/aromatic N) is 3. The Bertz CT molecular complexity index is 1130. The zero-order chi connectivity index (χ0) is 23.3. The van der Waals surface area contributed by atoms with Crippen LogP contribution in [0.4, 0.5) is 10.1 Å². The normalized spacial score (nSPS) is 13.0. The molecule has 32 heavy (non-hydrogen) atoms. The van der Waals surface area contributed by atoms with Crippen LogP contribution in [0.5, 0.6) is 0 Å². The van der Waals surface area contributed by atoms with Crippen molar-refractivity contribution in [1.29, 1.82) is 0 Å². The topological polar surface area (TPSA) is 79.3 Å². The molecule has 2 aromatic carbocycles. The molecule has 0 spiro atoms. The van der Waals surface area contributed by atoms with E-state index in [-0.39, 0.29) is 5.69 Å². The van der Waals surface area contributed by atoms with Gasteiger partial charge in [0.25, 0.3) is 5.91 Å². The molecule has 0 aliphatic carbocycles. The van der Waals surface area contributed by atoms with Crippen molar-refractivity contribution in [3.63, 3.8) is 0 Å². The van der Waals surface area contributed by atoms with E-state index in [0.717, 1.165) is 6.54 Å². The molecule has 0 fully saturated rings. The average Bonchev–Trinajstić information content (AvgIpc) is 3.13. The van der Waals surface area contributed by atoms with Crippen molar-refractivity contribution in [2.45, 2.75) is 13.1 Å². The van der Waals surface area contributed by atoms with Gasteiger partial charge in [-0.25, -0.2) is 9.37 Å². The van der Waals surface area contributed by atoms with Crippen molar-refractivity contribution < 1.29 is 14.0 Å². The van der Waals surface area contributed by atoms with E-state index in [1.54, 1.807) is 36.4 Å². The van der Waals surface area contributed by atoms with Gasteiger partial charge in [0.1, 0.15) is 17.9 Å². The number of amides is 1. The van der Waals surface area contributed by atoms with Crippen LogP contribution in [-0.2, 0) is 13.1 Å². The Balaban J connectivity index is 0.000000913. The van der Waals surface area contributed by atoms with Crippen LogP contribution in [0, 0.1) is 5.82 Å². The number of likely N-dealkylation sites (N-methyl/N-ethyl adjacent to an activating group) is 1.